The number of aryl methyl sites for hydroxylation is 2. The van der Waals surface area contributed by atoms with Crippen molar-refractivity contribution in [3.05, 3.63) is 52.6 Å². The summed E-state index contributed by atoms with van der Waals surface area (Å²) in [5.41, 5.74) is 3.52. The average molecular weight is 359 g/mol. The van der Waals surface area contributed by atoms with Gasteiger partial charge in [0.25, 0.3) is 0 Å². The summed E-state index contributed by atoms with van der Waals surface area (Å²) >= 11 is 1.35. The Balaban J connectivity index is 1.67. The van der Waals surface area contributed by atoms with E-state index in [2.05, 4.69) is 9.97 Å². The molecule has 6 heteroatoms. The maximum absolute atomic E-state index is 13.9. The molecule has 132 valence electrons. The van der Waals surface area contributed by atoms with E-state index in [-0.39, 0.29) is 23.5 Å². The van der Waals surface area contributed by atoms with Gasteiger partial charge in [-0.2, -0.15) is 0 Å². The summed E-state index contributed by atoms with van der Waals surface area (Å²) in [5, 5.41) is 0.621. The number of rotatable bonds is 6. The van der Waals surface area contributed by atoms with Crippen LogP contribution in [0.3, 0.4) is 0 Å². The van der Waals surface area contributed by atoms with Gasteiger partial charge in [-0.05, 0) is 45.2 Å². The van der Waals surface area contributed by atoms with Crippen LogP contribution in [0.4, 0.5) is 4.39 Å². The van der Waals surface area contributed by atoms with E-state index in [1.54, 1.807) is 23.1 Å². The van der Waals surface area contributed by atoms with Gasteiger partial charge in [0.05, 0.1) is 5.75 Å². The highest BCUT2D eigenvalue weighted by Gasteiger charge is 2.33. The van der Waals surface area contributed by atoms with Crippen LogP contribution in [0.25, 0.3) is 0 Å². The molecule has 1 aromatic heterocycles. The molecule has 0 bridgehead atoms. The molecule has 25 heavy (non-hydrogen) atoms. The average Bonchev–Trinajstić information content (AvgIpc) is 3.41. The molecule has 0 aliphatic heterocycles. The lowest BCUT2D eigenvalue weighted by Gasteiger charge is -2.22. The third-order valence-electron chi connectivity index (χ3n) is 4.54. The van der Waals surface area contributed by atoms with Gasteiger partial charge >= 0.3 is 0 Å². The molecule has 0 unspecified atom stereocenters. The summed E-state index contributed by atoms with van der Waals surface area (Å²) in [7, 11) is 0. The number of nitrogens with zero attached hydrogens (tertiary/aromatic N) is 3. The first-order chi connectivity index (χ1) is 12.0. The van der Waals surface area contributed by atoms with Gasteiger partial charge in [0, 0.05) is 29.5 Å². The summed E-state index contributed by atoms with van der Waals surface area (Å²) in [5.74, 6) is 0.0179. The van der Waals surface area contributed by atoms with Gasteiger partial charge in [0.1, 0.15) is 5.82 Å². The van der Waals surface area contributed by atoms with Crippen LogP contribution in [0.2, 0.25) is 0 Å². The minimum atomic E-state index is -0.262. The summed E-state index contributed by atoms with van der Waals surface area (Å²) < 4.78 is 13.9. The van der Waals surface area contributed by atoms with Crippen molar-refractivity contribution in [3.63, 3.8) is 0 Å². The Morgan fingerprint density at radius 2 is 1.84 bits per heavy atom. The smallest absolute Gasteiger partial charge is 0.233 e. The fourth-order valence-electron chi connectivity index (χ4n) is 2.63. The molecule has 1 aromatic carbocycles. The molecule has 1 heterocycles. The van der Waals surface area contributed by atoms with Crippen LogP contribution in [0.15, 0.2) is 29.4 Å². The SMILES string of the molecule is Cc1nc(SCC(=O)N(Cc2ccccc2F)C2CC2)nc(C)c1C. The molecule has 3 rings (SSSR count). The van der Waals surface area contributed by atoms with Crippen molar-refractivity contribution in [1.82, 2.24) is 14.9 Å². The number of benzene rings is 1. The molecule has 0 N–H and O–H groups in total. The molecule has 2 aromatic rings. The largest absolute Gasteiger partial charge is 0.335 e. The Bertz CT molecular complexity index is 769. The van der Waals surface area contributed by atoms with E-state index >= 15 is 0 Å². The Morgan fingerprint density at radius 3 is 2.44 bits per heavy atom. The van der Waals surface area contributed by atoms with Gasteiger partial charge in [-0.15, -0.1) is 0 Å². The van der Waals surface area contributed by atoms with Crippen LogP contribution >= 0.6 is 11.8 Å². The molecule has 1 aliphatic rings. The molecule has 0 spiro atoms. The number of hydrogen-bond donors (Lipinski definition) is 0. The zero-order valence-electron chi connectivity index (χ0n) is 14.8. The van der Waals surface area contributed by atoms with Crippen LogP contribution in [0.1, 0.15) is 35.4 Å². The molecule has 1 fully saturated rings. The van der Waals surface area contributed by atoms with Crippen LogP contribution in [-0.4, -0.2) is 32.6 Å². The second-order valence-corrected chi connectivity index (χ2v) is 7.38. The molecule has 4 nitrogen and oxygen atoms in total. The molecular formula is C19H22FN3OS. The fraction of sp³-hybridized carbons (Fsp3) is 0.421. The van der Waals surface area contributed by atoms with Gasteiger partial charge in [-0.1, -0.05) is 30.0 Å². The zero-order valence-corrected chi connectivity index (χ0v) is 15.6. The Labute approximate surface area is 151 Å². The number of amides is 1. The summed E-state index contributed by atoms with van der Waals surface area (Å²) in [6, 6.07) is 6.87. The van der Waals surface area contributed by atoms with Crippen molar-refractivity contribution >= 4 is 17.7 Å². The summed E-state index contributed by atoms with van der Waals surface area (Å²) in [6.45, 7) is 6.21. The number of carbonyl (C=O) groups is 1. The van der Waals surface area contributed by atoms with Crippen LogP contribution < -0.4 is 0 Å². The van der Waals surface area contributed by atoms with E-state index < -0.39 is 0 Å². The predicted molar refractivity (Wildman–Crippen MR) is 96.9 cm³/mol. The van der Waals surface area contributed by atoms with E-state index in [0.29, 0.717) is 17.3 Å². The molecule has 1 saturated carbocycles. The highest BCUT2D eigenvalue weighted by atomic mass is 32.2. The van der Waals surface area contributed by atoms with Gasteiger partial charge in [0.15, 0.2) is 5.16 Å². The number of halogens is 1. The second kappa shape index (κ2) is 7.52. The van der Waals surface area contributed by atoms with Gasteiger partial charge < -0.3 is 4.90 Å². The highest BCUT2D eigenvalue weighted by molar-refractivity contribution is 7.99. The van der Waals surface area contributed by atoms with Crippen molar-refractivity contribution in [1.29, 1.82) is 0 Å². The van der Waals surface area contributed by atoms with Crippen molar-refractivity contribution in [2.24, 2.45) is 0 Å². The Morgan fingerprint density at radius 1 is 1.20 bits per heavy atom. The first-order valence-electron chi connectivity index (χ1n) is 8.43. The lowest BCUT2D eigenvalue weighted by atomic mass is 10.2. The number of aromatic nitrogens is 2. The molecule has 0 saturated heterocycles. The Hall–Kier alpha value is -1.95. The molecule has 1 amide bonds. The van der Waals surface area contributed by atoms with Crippen molar-refractivity contribution in [2.45, 2.75) is 51.4 Å². The lowest BCUT2D eigenvalue weighted by Crippen LogP contribution is -2.34. The highest BCUT2D eigenvalue weighted by Crippen LogP contribution is 2.30. The first-order valence-corrected chi connectivity index (χ1v) is 9.41. The van der Waals surface area contributed by atoms with E-state index in [4.69, 9.17) is 0 Å². The minimum Gasteiger partial charge on any atom is -0.335 e. The van der Waals surface area contributed by atoms with Crippen molar-refractivity contribution in [2.75, 3.05) is 5.75 Å². The minimum absolute atomic E-state index is 0.00948. The molecule has 0 radical (unpaired) electrons. The van der Waals surface area contributed by atoms with Gasteiger partial charge in [-0.3, -0.25) is 4.79 Å². The van der Waals surface area contributed by atoms with Crippen molar-refractivity contribution in [3.8, 4) is 0 Å². The first kappa shape index (κ1) is 17.9. The molecule has 0 atom stereocenters. The number of hydrogen-bond acceptors (Lipinski definition) is 4. The third-order valence-corrected chi connectivity index (χ3v) is 5.38. The monoisotopic (exact) mass is 359 g/mol. The normalized spacial score (nSPS) is 13.8. The van der Waals surface area contributed by atoms with Gasteiger partial charge in [-0.25, -0.2) is 14.4 Å². The summed E-state index contributed by atoms with van der Waals surface area (Å²) in [4.78, 5) is 23.4. The van der Waals surface area contributed by atoms with E-state index in [1.165, 1.54) is 17.8 Å². The van der Waals surface area contributed by atoms with E-state index in [0.717, 1.165) is 29.8 Å². The van der Waals surface area contributed by atoms with Crippen LogP contribution in [0.5, 0.6) is 0 Å². The third kappa shape index (κ3) is 4.37. The fourth-order valence-corrected chi connectivity index (χ4v) is 3.45. The predicted octanol–water partition coefficient (Wildman–Crippen LogP) is 3.82. The number of thioether (sulfide) groups is 1. The van der Waals surface area contributed by atoms with Gasteiger partial charge in [0.2, 0.25) is 5.91 Å². The maximum atomic E-state index is 13.9. The van der Waals surface area contributed by atoms with E-state index in [9.17, 15) is 9.18 Å². The quantitative estimate of drug-likeness (QED) is 0.581. The van der Waals surface area contributed by atoms with E-state index in [1.807, 2.05) is 20.8 Å². The van der Waals surface area contributed by atoms with Crippen LogP contribution in [0, 0.1) is 26.6 Å². The number of carbonyl (C=O) groups excluding carboxylic acids is 1. The molecule has 1 aliphatic carbocycles. The maximum Gasteiger partial charge on any atom is 0.233 e. The second-order valence-electron chi connectivity index (χ2n) is 6.43. The zero-order chi connectivity index (χ0) is 18.0. The van der Waals surface area contributed by atoms with Crippen LogP contribution in [-0.2, 0) is 11.3 Å². The standard InChI is InChI=1S/C19H22FN3OS/c1-12-13(2)21-19(22-14(12)3)25-11-18(24)23(16-8-9-16)10-15-6-4-5-7-17(15)20/h4-7,16H,8-11H2,1-3H3. The lowest BCUT2D eigenvalue weighted by molar-refractivity contribution is -0.129. The topological polar surface area (TPSA) is 46.1 Å². The Kier molecular flexibility index (Phi) is 5.37. The summed E-state index contributed by atoms with van der Waals surface area (Å²) in [6.07, 6.45) is 1.98. The van der Waals surface area contributed by atoms with Crippen molar-refractivity contribution < 1.29 is 9.18 Å². The molecular weight excluding hydrogens is 337 g/mol.